The topological polar surface area (TPSA) is 106 Å². The minimum atomic E-state index is -0.234. The molecule has 0 bridgehead atoms. The van der Waals surface area contributed by atoms with E-state index in [0.29, 0.717) is 41.4 Å². The summed E-state index contributed by atoms with van der Waals surface area (Å²) in [6, 6.07) is 10.2. The second-order valence-electron chi connectivity index (χ2n) is 6.67. The average Bonchev–Trinajstić information content (AvgIpc) is 3.41. The highest BCUT2D eigenvalue weighted by molar-refractivity contribution is 5.84. The zero-order valence-corrected chi connectivity index (χ0v) is 15.5. The van der Waals surface area contributed by atoms with Gasteiger partial charge in [0.25, 0.3) is 5.56 Å². The molecule has 0 aliphatic heterocycles. The minimum Gasteiger partial charge on any atom is -0.368 e. The molecule has 0 saturated carbocycles. The lowest BCUT2D eigenvalue weighted by Crippen LogP contribution is -2.16. The number of benzene rings is 1. The first-order valence-corrected chi connectivity index (χ1v) is 9.26. The van der Waals surface area contributed by atoms with Crippen molar-refractivity contribution in [2.75, 3.05) is 11.9 Å². The highest BCUT2D eigenvalue weighted by atomic mass is 16.1. The van der Waals surface area contributed by atoms with E-state index >= 15 is 0 Å². The molecule has 9 heteroatoms. The number of hydrogen-bond acceptors (Lipinski definition) is 6. The summed E-state index contributed by atoms with van der Waals surface area (Å²) in [5.74, 6) is 1.29. The molecule has 0 atom stereocenters. The Kier molecular flexibility index (Phi) is 4.24. The van der Waals surface area contributed by atoms with Gasteiger partial charge in [0.2, 0.25) is 0 Å². The number of anilines is 1. The van der Waals surface area contributed by atoms with E-state index in [2.05, 4.69) is 42.4 Å². The predicted molar refractivity (Wildman–Crippen MR) is 109 cm³/mol. The van der Waals surface area contributed by atoms with Crippen molar-refractivity contribution in [1.29, 1.82) is 0 Å². The highest BCUT2D eigenvalue weighted by Crippen LogP contribution is 2.18. The van der Waals surface area contributed by atoms with E-state index in [4.69, 9.17) is 0 Å². The van der Waals surface area contributed by atoms with E-state index in [9.17, 15) is 4.79 Å². The maximum Gasteiger partial charge on any atom is 0.274 e. The van der Waals surface area contributed by atoms with Crippen molar-refractivity contribution in [3.05, 3.63) is 83.3 Å². The van der Waals surface area contributed by atoms with E-state index in [0.717, 1.165) is 6.42 Å². The van der Waals surface area contributed by atoms with Crippen LogP contribution in [-0.4, -0.2) is 40.4 Å². The molecule has 9 nitrogen and oxygen atoms in total. The third-order valence-corrected chi connectivity index (χ3v) is 4.78. The first-order chi connectivity index (χ1) is 14.3. The lowest BCUT2D eigenvalue weighted by Gasteiger charge is -2.10. The number of fused-ring (bicyclic) bond motifs is 3. The van der Waals surface area contributed by atoms with Gasteiger partial charge in [-0.1, -0.05) is 30.3 Å². The summed E-state index contributed by atoms with van der Waals surface area (Å²) < 4.78 is 3.67. The first kappa shape index (κ1) is 17.1. The SMILES string of the molecule is O=c1[nH]c2c(NCCc3ccccc3)ncnc2n2c(Cn3ccnc3)ncc12. The lowest BCUT2D eigenvalue weighted by molar-refractivity contribution is 0.743. The minimum absolute atomic E-state index is 0.234. The van der Waals surface area contributed by atoms with Crippen molar-refractivity contribution in [1.82, 2.24) is 33.9 Å². The van der Waals surface area contributed by atoms with E-state index in [1.807, 2.05) is 29.0 Å². The number of H-pyrrole nitrogens is 1. The Morgan fingerprint density at radius 2 is 2.00 bits per heavy atom. The van der Waals surface area contributed by atoms with Crippen LogP contribution in [-0.2, 0) is 13.0 Å². The summed E-state index contributed by atoms with van der Waals surface area (Å²) >= 11 is 0. The summed E-state index contributed by atoms with van der Waals surface area (Å²) in [6.45, 7) is 1.16. The van der Waals surface area contributed by atoms with Crippen molar-refractivity contribution >= 4 is 22.5 Å². The number of imidazole rings is 2. The molecule has 5 aromatic rings. The Balaban J connectivity index is 1.53. The van der Waals surface area contributed by atoms with Crippen LogP contribution in [0.5, 0.6) is 0 Å². The summed E-state index contributed by atoms with van der Waals surface area (Å²) in [4.78, 5) is 32.8. The second kappa shape index (κ2) is 7.19. The number of rotatable bonds is 6. The molecule has 0 fully saturated rings. The smallest absolute Gasteiger partial charge is 0.274 e. The Bertz CT molecular complexity index is 1320. The summed E-state index contributed by atoms with van der Waals surface area (Å²) in [5.41, 5.74) is 2.60. The number of nitrogens with zero attached hydrogens (tertiary/aromatic N) is 6. The Morgan fingerprint density at radius 1 is 1.10 bits per heavy atom. The maximum atomic E-state index is 12.6. The molecule has 0 aliphatic carbocycles. The number of nitrogens with one attached hydrogen (secondary N) is 2. The molecule has 0 spiro atoms. The van der Waals surface area contributed by atoms with Crippen LogP contribution in [0, 0.1) is 0 Å². The second-order valence-corrected chi connectivity index (χ2v) is 6.67. The van der Waals surface area contributed by atoms with Gasteiger partial charge in [-0.3, -0.25) is 9.20 Å². The maximum absolute atomic E-state index is 12.6. The molecule has 1 aromatic carbocycles. The monoisotopic (exact) mass is 386 g/mol. The molecular formula is C20H18N8O. The molecule has 29 heavy (non-hydrogen) atoms. The molecule has 0 unspecified atom stereocenters. The van der Waals surface area contributed by atoms with E-state index in [1.54, 1.807) is 23.1 Å². The van der Waals surface area contributed by atoms with Gasteiger partial charge in [0.15, 0.2) is 11.5 Å². The van der Waals surface area contributed by atoms with Gasteiger partial charge in [-0.2, -0.15) is 0 Å². The normalized spacial score (nSPS) is 11.3. The average molecular weight is 386 g/mol. The molecular weight excluding hydrogens is 368 g/mol. The number of aromatic nitrogens is 7. The van der Waals surface area contributed by atoms with Crippen LogP contribution in [0.3, 0.4) is 0 Å². The van der Waals surface area contributed by atoms with Crippen LogP contribution in [0.2, 0.25) is 0 Å². The Labute approximate surface area is 165 Å². The van der Waals surface area contributed by atoms with Gasteiger partial charge in [-0.25, -0.2) is 19.9 Å². The molecule has 4 aromatic heterocycles. The molecule has 0 aliphatic rings. The van der Waals surface area contributed by atoms with Gasteiger partial charge in [0, 0.05) is 18.9 Å². The first-order valence-electron chi connectivity index (χ1n) is 9.26. The number of hydrogen-bond donors (Lipinski definition) is 2. The zero-order valence-electron chi connectivity index (χ0n) is 15.5. The van der Waals surface area contributed by atoms with Crippen LogP contribution in [0.4, 0.5) is 5.82 Å². The van der Waals surface area contributed by atoms with Crippen molar-refractivity contribution < 1.29 is 0 Å². The van der Waals surface area contributed by atoms with Crippen molar-refractivity contribution in [3.8, 4) is 0 Å². The molecule has 0 amide bonds. The predicted octanol–water partition coefficient (Wildman–Crippen LogP) is 1.87. The van der Waals surface area contributed by atoms with E-state index in [1.165, 1.54) is 11.9 Å². The summed E-state index contributed by atoms with van der Waals surface area (Å²) in [5, 5.41) is 3.32. The van der Waals surface area contributed by atoms with Gasteiger partial charge in [-0.05, 0) is 12.0 Å². The van der Waals surface area contributed by atoms with Gasteiger partial charge in [0.1, 0.15) is 23.2 Å². The van der Waals surface area contributed by atoms with Gasteiger partial charge >= 0.3 is 0 Å². The van der Waals surface area contributed by atoms with Gasteiger partial charge in [-0.15, -0.1) is 0 Å². The fraction of sp³-hybridized carbons (Fsp3) is 0.150. The number of aromatic amines is 1. The lowest BCUT2D eigenvalue weighted by atomic mass is 10.1. The summed E-state index contributed by atoms with van der Waals surface area (Å²) in [6.07, 6.45) is 9.17. The van der Waals surface area contributed by atoms with Gasteiger partial charge < -0.3 is 14.9 Å². The van der Waals surface area contributed by atoms with Crippen LogP contribution >= 0.6 is 0 Å². The molecule has 2 N–H and O–H groups in total. The van der Waals surface area contributed by atoms with Crippen LogP contribution in [0.1, 0.15) is 11.4 Å². The molecule has 144 valence electrons. The third kappa shape index (κ3) is 3.22. The van der Waals surface area contributed by atoms with E-state index < -0.39 is 0 Å². The Morgan fingerprint density at radius 3 is 2.83 bits per heavy atom. The van der Waals surface area contributed by atoms with E-state index in [-0.39, 0.29) is 5.56 Å². The van der Waals surface area contributed by atoms with Crippen molar-refractivity contribution in [2.45, 2.75) is 13.0 Å². The van der Waals surface area contributed by atoms with Crippen LogP contribution in [0.15, 0.2) is 66.4 Å². The quantitative estimate of drug-likeness (QED) is 0.461. The Hall–Kier alpha value is -4.01. The van der Waals surface area contributed by atoms with Crippen LogP contribution in [0.25, 0.3) is 16.7 Å². The fourth-order valence-electron chi connectivity index (χ4n) is 3.38. The molecule has 0 radical (unpaired) electrons. The standard InChI is InChI=1S/C20H18N8O/c29-20-15-10-23-16(11-27-9-8-21-13-27)28(15)19-17(26-20)18(24-12-25-19)22-7-6-14-4-2-1-3-5-14/h1-5,8-10,12-13H,6-7,11H2,(H,26,29)(H,22,24,25). The largest absolute Gasteiger partial charge is 0.368 e. The highest BCUT2D eigenvalue weighted by Gasteiger charge is 2.15. The van der Waals surface area contributed by atoms with Gasteiger partial charge in [0.05, 0.1) is 19.1 Å². The van der Waals surface area contributed by atoms with Crippen molar-refractivity contribution in [3.63, 3.8) is 0 Å². The molecule has 4 heterocycles. The molecule has 0 saturated heterocycles. The third-order valence-electron chi connectivity index (χ3n) is 4.78. The summed E-state index contributed by atoms with van der Waals surface area (Å²) in [7, 11) is 0. The fourth-order valence-corrected chi connectivity index (χ4v) is 3.38. The molecule has 5 rings (SSSR count). The zero-order chi connectivity index (χ0) is 19.6. The van der Waals surface area contributed by atoms with Crippen LogP contribution < -0.4 is 10.9 Å². The van der Waals surface area contributed by atoms with Crippen molar-refractivity contribution in [2.24, 2.45) is 0 Å².